The van der Waals surface area contributed by atoms with Gasteiger partial charge in [-0.05, 0) is 30.7 Å². The third kappa shape index (κ3) is 3.27. The Kier molecular flexibility index (Phi) is 4.44. The van der Waals surface area contributed by atoms with E-state index in [4.69, 9.17) is 4.52 Å². The molecule has 2 heterocycles. The second-order valence-electron chi connectivity index (χ2n) is 6.21. The molecule has 0 aliphatic rings. The molecule has 0 amide bonds. The predicted molar refractivity (Wildman–Crippen MR) is 99.8 cm³/mol. The van der Waals surface area contributed by atoms with Gasteiger partial charge in [-0.25, -0.2) is 4.39 Å². The Morgan fingerprint density at radius 2 is 1.86 bits per heavy atom. The Balaban J connectivity index is 1.65. The molecule has 0 radical (unpaired) electrons. The Morgan fingerprint density at radius 1 is 1.04 bits per heavy atom. The zero-order valence-corrected chi connectivity index (χ0v) is 14.9. The van der Waals surface area contributed by atoms with E-state index in [1.165, 1.54) is 39.7 Å². The molecule has 0 aliphatic heterocycles. The van der Waals surface area contributed by atoms with Crippen LogP contribution in [0.3, 0.4) is 0 Å². The monoisotopic (exact) mass is 378 g/mol. The average Bonchev–Trinajstić information content (AvgIpc) is 3.15. The summed E-state index contributed by atoms with van der Waals surface area (Å²) in [6.07, 6.45) is 3.01. The zero-order chi connectivity index (χ0) is 19.7. The summed E-state index contributed by atoms with van der Waals surface area (Å²) in [6, 6.07) is 13.1. The van der Waals surface area contributed by atoms with Gasteiger partial charge >= 0.3 is 11.1 Å². The first-order chi connectivity index (χ1) is 13.5. The van der Waals surface area contributed by atoms with Crippen LogP contribution in [-0.4, -0.2) is 19.3 Å². The lowest BCUT2D eigenvalue weighted by atomic mass is 10.2. The van der Waals surface area contributed by atoms with E-state index in [0.29, 0.717) is 11.3 Å². The summed E-state index contributed by atoms with van der Waals surface area (Å²) < 4.78 is 21.0. The van der Waals surface area contributed by atoms with E-state index in [-0.39, 0.29) is 18.3 Å². The number of nitrogens with zero attached hydrogens (tertiary/aromatic N) is 4. The predicted octanol–water partition coefficient (Wildman–Crippen LogP) is 2.55. The minimum atomic E-state index is -0.712. The van der Waals surface area contributed by atoms with Crippen LogP contribution in [-0.2, 0) is 6.54 Å². The summed E-state index contributed by atoms with van der Waals surface area (Å²) in [6.45, 7) is 1.80. The summed E-state index contributed by atoms with van der Waals surface area (Å²) >= 11 is 0. The Labute approximate surface area is 158 Å². The maximum Gasteiger partial charge on any atom is 0.320 e. The van der Waals surface area contributed by atoms with E-state index >= 15 is 0 Å². The molecule has 0 bridgehead atoms. The molecule has 4 aromatic rings. The van der Waals surface area contributed by atoms with Crippen molar-refractivity contribution in [1.82, 2.24) is 19.3 Å². The molecule has 0 spiro atoms. The number of halogens is 1. The van der Waals surface area contributed by atoms with Gasteiger partial charge in [0.05, 0.1) is 5.69 Å². The van der Waals surface area contributed by atoms with Crippen molar-refractivity contribution in [1.29, 1.82) is 0 Å². The molecular formula is C20H15FN4O3. The highest BCUT2D eigenvalue weighted by atomic mass is 19.1. The molecule has 0 fully saturated rings. The number of aromatic nitrogens is 4. The minimum absolute atomic E-state index is 0.0645. The highest BCUT2D eigenvalue weighted by Crippen LogP contribution is 2.17. The zero-order valence-electron chi connectivity index (χ0n) is 14.9. The van der Waals surface area contributed by atoms with Crippen molar-refractivity contribution < 1.29 is 8.91 Å². The number of hydrogen-bond donors (Lipinski definition) is 0. The van der Waals surface area contributed by atoms with Crippen LogP contribution in [0.25, 0.3) is 17.1 Å². The molecular weight excluding hydrogens is 363 g/mol. The lowest BCUT2D eigenvalue weighted by molar-refractivity contribution is 0.369. The Bertz CT molecular complexity index is 1270. The molecule has 0 saturated heterocycles. The molecule has 7 nitrogen and oxygen atoms in total. The van der Waals surface area contributed by atoms with Crippen molar-refractivity contribution in [2.24, 2.45) is 0 Å². The van der Waals surface area contributed by atoms with Gasteiger partial charge in [-0.2, -0.15) is 4.98 Å². The minimum Gasteiger partial charge on any atom is -0.337 e. The summed E-state index contributed by atoms with van der Waals surface area (Å²) in [5.74, 6) is -0.0786. The van der Waals surface area contributed by atoms with Crippen LogP contribution in [0.5, 0.6) is 0 Å². The highest BCUT2D eigenvalue weighted by Gasteiger charge is 2.13. The largest absolute Gasteiger partial charge is 0.337 e. The number of aryl methyl sites for hydroxylation is 1. The fraction of sp³-hybridized carbons (Fsp3) is 0.100. The first-order valence-electron chi connectivity index (χ1n) is 8.49. The van der Waals surface area contributed by atoms with E-state index < -0.39 is 16.9 Å². The van der Waals surface area contributed by atoms with Crippen LogP contribution in [0.15, 0.2) is 75.0 Å². The van der Waals surface area contributed by atoms with Crippen molar-refractivity contribution in [3.05, 3.63) is 98.9 Å². The standard InChI is InChI=1S/C20H15FN4O3/c1-13-5-2-3-8-16(13)25-10-9-24(19(26)20(25)27)12-17-22-18(23-28-17)14-6-4-7-15(21)11-14/h2-11H,12H2,1H3. The highest BCUT2D eigenvalue weighted by molar-refractivity contribution is 5.53. The quantitative estimate of drug-likeness (QED) is 0.510. The lowest BCUT2D eigenvalue weighted by Crippen LogP contribution is -2.40. The molecule has 140 valence electrons. The van der Waals surface area contributed by atoms with Crippen molar-refractivity contribution in [3.63, 3.8) is 0 Å². The van der Waals surface area contributed by atoms with E-state index in [0.717, 1.165) is 5.56 Å². The molecule has 4 rings (SSSR count). The summed E-state index contributed by atoms with van der Waals surface area (Å²) in [5.41, 5.74) is 0.580. The normalized spacial score (nSPS) is 10.9. The van der Waals surface area contributed by atoms with E-state index in [1.54, 1.807) is 18.2 Å². The Morgan fingerprint density at radius 3 is 2.64 bits per heavy atom. The van der Waals surface area contributed by atoms with Crippen molar-refractivity contribution in [3.8, 4) is 17.1 Å². The fourth-order valence-corrected chi connectivity index (χ4v) is 2.87. The smallest absolute Gasteiger partial charge is 0.320 e. The van der Waals surface area contributed by atoms with Gasteiger partial charge in [0.15, 0.2) is 0 Å². The molecule has 0 aliphatic carbocycles. The molecule has 2 aromatic heterocycles. The molecule has 0 unspecified atom stereocenters. The summed E-state index contributed by atoms with van der Waals surface area (Å²) in [7, 11) is 0. The van der Waals surface area contributed by atoms with Crippen molar-refractivity contribution in [2.45, 2.75) is 13.5 Å². The topological polar surface area (TPSA) is 82.9 Å². The number of benzene rings is 2. The number of para-hydroxylation sites is 1. The third-order valence-electron chi connectivity index (χ3n) is 4.29. The molecule has 28 heavy (non-hydrogen) atoms. The summed E-state index contributed by atoms with van der Waals surface area (Å²) in [5, 5.41) is 3.80. The maximum atomic E-state index is 13.3. The molecule has 0 saturated carbocycles. The van der Waals surface area contributed by atoms with Crippen molar-refractivity contribution in [2.75, 3.05) is 0 Å². The number of hydrogen-bond acceptors (Lipinski definition) is 5. The van der Waals surface area contributed by atoms with Gasteiger partial charge in [-0.3, -0.25) is 18.7 Å². The van der Waals surface area contributed by atoms with Crippen LogP contribution in [0.4, 0.5) is 4.39 Å². The third-order valence-corrected chi connectivity index (χ3v) is 4.29. The van der Waals surface area contributed by atoms with Crippen LogP contribution in [0.2, 0.25) is 0 Å². The van der Waals surface area contributed by atoms with Gasteiger partial charge in [0.1, 0.15) is 12.4 Å². The molecule has 0 N–H and O–H groups in total. The maximum absolute atomic E-state index is 13.3. The van der Waals surface area contributed by atoms with Gasteiger partial charge in [0.25, 0.3) is 0 Å². The summed E-state index contributed by atoms with van der Waals surface area (Å²) in [4.78, 5) is 29.2. The first kappa shape index (κ1) is 17.6. The van der Waals surface area contributed by atoms with Crippen molar-refractivity contribution >= 4 is 0 Å². The van der Waals surface area contributed by atoms with Gasteiger partial charge in [0.2, 0.25) is 11.7 Å². The van der Waals surface area contributed by atoms with Crippen LogP contribution in [0, 0.1) is 12.7 Å². The molecule has 2 aromatic carbocycles. The second-order valence-corrected chi connectivity index (χ2v) is 6.21. The number of rotatable bonds is 4. The molecule has 0 atom stereocenters. The Hall–Kier alpha value is -3.81. The van der Waals surface area contributed by atoms with Gasteiger partial charge in [-0.15, -0.1) is 0 Å². The van der Waals surface area contributed by atoms with E-state index in [9.17, 15) is 14.0 Å². The SMILES string of the molecule is Cc1ccccc1-n1ccn(Cc2nc(-c3cccc(F)c3)no2)c(=O)c1=O. The first-order valence-corrected chi connectivity index (χ1v) is 8.49. The van der Waals surface area contributed by atoms with E-state index in [2.05, 4.69) is 10.1 Å². The second kappa shape index (κ2) is 7.07. The van der Waals surface area contributed by atoms with E-state index in [1.807, 2.05) is 19.1 Å². The average molecular weight is 378 g/mol. The lowest BCUT2D eigenvalue weighted by Gasteiger charge is -2.09. The van der Waals surface area contributed by atoms with Gasteiger partial charge < -0.3 is 4.52 Å². The fourth-order valence-electron chi connectivity index (χ4n) is 2.87. The van der Waals surface area contributed by atoms with Crippen LogP contribution < -0.4 is 11.1 Å². The van der Waals surface area contributed by atoms with Crippen LogP contribution >= 0.6 is 0 Å². The van der Waals surface area contributed by atoms with Crippen LogP contribution in [0.1, 0.15) is 11.5 Å². The van der Waals surface area contributed by atoms with Gasteiger partial charge in [0, 0.05) is 18.0 Å². The van der Waals surface area contributed by atoms with Gasteiger partial charge in [-0.1, -0.05) is 35.5 Å². The molecule has 8 heteroatoms.